The minimum atomic E-state index is -3.86. The minimum Gasteiger partial charge on any atom is -0.389 e. The van der Waals surface area contributed by atoms with Gasteiger partial charge >= 0.3 is 0 Å². The number of nitrogens with zero attached hydrogens (tertiary/aromatic N) is 2. The van der Waals surface area contributed by atoms with Gasteiger partial charge in [0.2, 0.25) is 10.0 Å². The zero-order valence-corrected chi connectivity index (χ0v) is 13.3. The van der Waals surface area contributed by atoms with Crippen LogP contribution >= 0.6 is 23.8 Å². The quantitative estimate of drug-likeness (QED) is 0.700. The van der Waals surface area contributed by atoms with Crippen molar-refractivity contribution < 1.29 is 8.42 Å². The second kappa shape index (κ2) is 6.06. The summed E-state index contributed by atoms with van der Waals surface area (Å²) in [4.78, 5) is 3.89. The number of nitrogens with one attached hydrogen (secondary N) is 2. The number of rotatable bonds is 5. The zero-order chi connectivity index (χ0) is 15.6. The lowest BCUT2D eigenvalue weighted by atomic mass is 10.2. The maximum atomic E-state index is 12.4. The first-order valence-electron chi connectivity index (χ1n) is 5.78. The molecule has 2 aromatic rings. The molecule has 1 heterocycles. The molecular formula is C11H12ClN5O2S2. The number of hydrogen-bond donors (Lipinski definition) is 3. The number of aromatic amines is 1. The number of hydrogen-bond acceptors (Lipinski definition) is 5. The van der Waals surface area contributed by atoms with E-state index in [1.54, 1.807) is 13.0 Å². The molecule has 7 nitrogen and oxygen atoms in total. The molecule has 0 aliphatic carbocycles. The second-order valence-electron chi connectivity index (χ2n) is 4.22. The van der Waals surface area contributed by atoms with Crippen molar-refractivity contribution in [2.24, 2.45) is 5.73 Å². The van der Waals surface area contributed by atoms with E-state index in [1.165, 1.54) is 18.5 Å². The molecule has 0 radical (unpaired) electrons. The fourth-order valence-corrected chi connectivity index (χ4v) is 3.50. The zero-order valence-electron chi connectivity index (χ0n) is 10.9. The Hall–Kier alpha value is -1.55. The van der Waals surface area contributed by atoms with E-state index >= 15 is 0 Å². The number of aromatic nitrogens is 3. The van der Waals surface area contributed by atoms with Gasteiger partial charge in [0.15, 0.2) is 0 Å². The molecule has 0 fully saturated rings. The van der Waals surface area contributed by atoms with Crippen molar-refractivity contribution in [2.45, 2.75) is 17.9 Å². The van der Waals surface area contributed by atoms with Gasteiger partial charge in [-0.2, -0.15) is 5.10 Å². The lowest BCUT2D eigenvalue weighted by Crippen LogP contribution is -2.28. The van der Waals surface area contributed by atoms with Crippen LogP contribution in [0, 0.1) is 0 Å². The highest BCUT2D eigenvalue weighted by Gasteiger charge is 2.23. The van der Waals surface area contributed by atoms with E-state index in [9.17, 15) is 8.42 Å². The third kappa shape index (κ3) is 3.56. The number of thiocarbonyl (C=S) groups is 1. The highest BCUT2D eigenvalue weighted by atomic mass is 35.5. The third-order valence-corrected chi connectivity index (χ3v) is 4.94. The lowest BCUT2D eigenvalue weighted by Gasteiger charge is -2.13. The molecule has 0 saturated heterocycles. The Morgan fingerprint density at radius 1 is 1.52 bits per heavy atom. The van der Waals surface area contributed by atoms with E-state index in [0.29, 0.717) is 11.4 Å². The molecule has 112 valence electrons. The summed E-state index contributed by atoms with van der Waals surface area (Å²) in [6.45, 7) is 1.63. The Balaban J connectivity index is 2.35. The van der Waals surface area contributed by atoms with Crippen LogP contribution in [-0.4, -0.2) is 28.6 Å². The Morgan fingerprint density at radius 3 is 2.81 bits per heavy atom. The van der Waals surface area contributed by atoms with Crippen molar-refractivity contribution in [3.05, 3.63) is 40.9 Å². The van der Waals surface area contributed by atoms with Crippen molar-refractivity contribution in [3.8, 4) is 0 Å². The third-order valence-electron chi connectivity index (χ3n) is 2.68. The predicted molar refractivity (Wildman–Crippen MR) is 82.5 cm³/mol. The Kier molecular flexibility index (Phi) is 4.57. The average molecular weight is 346 g/mol. The standard InChI is InChI=1S/C11H12ClN5O2S2/c1-6(11-14-5-15-16-11)17-21(18,19)9-4-7(10(13)20)2-3-8(9)12/h2-6,17H,1H3,(H2,13,20)(H,14,15,16). The van der Waals surface area contributed by atoms with E-state index in [2.05, 4.69) is 19.9 Å². The van der Waals surface area contributed by atoms with Gasteiger partial charge < -0.3 is 5.73 Å². The number of nitrogens with two attached hydrogens (primary N) is 1. The first kappa shape index (κ1) is 15.8. The smallest absolute Gasteiger partial charge is 0.242 e. The SMILES string of the molecule is CC(NS(=O)(=O)c1cc(C(N)=S)ccc1Cl)c1ncn[nH]1. The van der Waals surface area contributed by atoms with Gasteiger partial charge in [-0.25, -0.2) is 18.1 Å². The molecular weight excluding hydrogens is 334 g/mol. The van der Waals surface area contributed by atoms with Gasteiger partial charge in [-0.3, -0.25) is 5.10 Å². The molecule has 1 unspecified atom stereocenters. The molecule has 0 bridgehead atoms. The van der Waals surface area contributed by atoms with Crippen molar-refractivity contribution in [2.75, 3.05) is 0 Å². The van der Waals surface area contributed by atoms with Gasteiger partial charge in [0.25, 0.3) is 0 Å². The maximum Gasteiger partial charge on any atom is 0.242 e. The molecule has 0 aliphatic rings. The molecule has 0 spiro atoms. The van der Waals surface area contributed by atoms with E-state index in [0.717, 1.165) is 0 Å². The molecule has 0 aliphatic heterocycles. The van der Waals surface area contributed by atoms with Crippen LogP contribution in [0.2, 0.25) is 5.02 Å². The van der Waals surface area contributed by atoms with E-state index in [1.807, 2.05) is 0 Å². The molecule has 1 atom stereocenters. The summed E-state index contributed by atoms with van der Waals surface area (Å²) in [7, 11) is -3.86. The monoisotopic (exact) mass is 345 g/mol. The lowest BCUT2D eigenvalue weighted by molar-refractivity contribution is 0.560. The Labute approximate surface area is 132 Å². The van der Waals surface area contributed by atoms with Crippen molar-refractivity contribution in [1.82, 2.24) is 19.9 Å². The summed E-state index contributed by atoms with van der Waals surface area (Å²) in [6, 6.07) is 3.73. The van der Waals surface area contributed by atoms with Crippen LogP contribution in [0.5, 0.6) is 0 Å². The van der Waals surface area contributed by atoms with Crippen LogP contribution in [0.15, 0.2) is 29.4 Å². The number of sulfonamides is 1. The minimum absolute atomic E-state index is 0.0762. The van der Waals surface area contributed by atoms with E-state index in [-0.39, 0.29) is 14.9 Å². The van der Waals surface area contributed by atoms with E-state index < -0.39 is 16.1 Å². The maximum absolute atomic E-state index is 12.4. The second-order valence-corrected chi connectivity index (χ2v) is 6.75. The molecule has 21 heavy (non-hydrogen) atoms. The summed E-state index contributed by atoms with van der Waals surface area (Å²) in [5.74, 6) is 0.389. The van der Waals surface area contributed by atoms with Crippen molar-refractivity contribution in [3.63, 3.8) is 0 Å². The highest BCUT2D eigenvalue weighted by molar-refractivity contribution is 7.89. The summed E-state index contributed by atoms with van der Waals surface area (Å²) in [5.41, 5.74) is 5.92. The van der Waals surface area contributed by atoms with Crippen LogP contribution in [0.25, 0.3) is 0 Å². The average Bonchev–Trinajstić information content (AvgIpc) is 2.92. The first-order valence-corrected chi connectivity index (χ1v) is 8.05. The molecule has 0 saturated carbocycles. The Morgan fingerprint density at radius 2 is 2.24 bits per heavy atom. The van der Waals surface area contributed by atoms with E-state index in [4.69, 9.17) is 29.6 Å². The highest BCUT2D eigenvalue weighted by Crippen LogP contribution is 2.24. The Bertz CT molecular complexity index is 761. The number of H-pyrrole nitrogens is 1. The largest absolute Gasteiger partial charge is 0.389 e. The van der Waals surface area contributed by atoms with Crippen molar-refractivity contribution >= 4 is 38.8 Å². The van der Waals surface area contributed by atoms with Gasteiger partial charge in [0.05, 0.1) is 11.1 Å². The molecule has 1 aromatic carbocycles. The summed E-state index contributed by atoms with van der Waals surface area (Å²) in [5, 5.41) is 6.34. The first-order chi connectivity index (χ1) is 9.81. The molecule has 1 aromatic heterocycles. The topological polar surface area (TPSA) is 114 Å². The normalized spacial score (nSPS) is 13.0. The van der Waals surface area contributed by atoms with Crippen LogP contribution in [-0.2, 0) is 10.0 Å². The predicted octanol–water partition coefficient (Wildman–Crippen LogP) is 1.13. The van der Waals surface area contributed by atoms with Crippen LogP contribution in [0.4, 0.5) is 0 Å². The van der Waals surface area contributed by atoms with Gasteiger partial charge in [-0.15, -0.1) is 0 Å². The van der Waals surface area contributed by atoms with Gasteiger partial charge in [0.1, 0.15) is 22.0 Å². The van der Waals surface area contributed by atoms with Gasteiger partial charge in [-0.05, 0) is 19.1 Å². The van der Waals surface area contributed by atoms with Gasteiger partial charge in [0, 0.05) is 5.56 Å². The van der Waals surface area contributed by atoms with Crippen LogP contribution < -0.4 is 10.5 Å². The van der Waals surface area contributed by atoms with Crippen LogP contribution in [0.1, 0.15) is 24.4 Å². The molecule has 4 N–H and O–H groups in total. The molecule has 0 amide bonds. The number of halogens is 1. The summed E-state index contributed by atoms with van der Waals surface area (Å²) >= 11 is 10.8. The summed E-state index contributed by atoms with van der Waals surface area (Å²) in [6.07, 6.45) is 1.29. The fourth-order valence-electron chi connectivity index (χ4n) is 1.64. The molecule has 2 rings (SSSR count). The fraction of sp³-hybridized carbons (Fsp3) is 0.182. The van der Waals surface area contributed by atoms with Crippen LogP contribution in [0.3, 0.4) is 0 Å². The number of benzene rings is 1. The van der Waals surface area contributed by atoms with Gasteiger partial charge in [-0.1, -0.05) is 29.9 Å². The van der Waals surface area contributed by atoms with Crippen molar-refractivity contribution in [1.29, 1.82) is 0 Å². The summed E-state index contributed by atoms with van der Waals surface area (Å²) < 4.78 is 27.2. The molecule has 10 heteroatoms.